The molecule has 1 aromatic rings. The quantitative estimate of drug-likeness (QED) is 0.821. The molecule has 2 N–H and O–H groups in total. The zero-order valence-electron chi connectivity index (χ0n) is 9.56. The number of nitrogen functional groups attached to an aromatic ring is 1. The summed E-state index contributed by atoms with van der Waals surface area (Å²) in [6, 6.07) is 3.92. The minimum absolute atomic E-state index is 0.733. The average Bonchev–Trinajstić information content (AvgIpc) is 2.33. The maximum absolute atomic E-state index is 5.59. The predicted octanol–water partition coefficient (Wildman–Crippen LogP) is 0.929. The Morgan fingerprint density at radius 2 is 2.12 bits per heavy atom. The second-order valence-electron chi connectivity index (χ2n) is 4.14. The highest BCUT2D eigenvalue weighted by atomic mass is 16.5. The van der Waals surface area contributed by atoms with Gasteiger partial charge in [-0.2, -0.15) is 0 Å². The van der Waals surface area contributed by atoms with Crippen LogP contribution in [0.4, 0.5) is 5.69 Å². The van der Waals surface area contributed by atoms with E-state index in [1.165, 1.54) is 0 Å². The highest BCUT2D eigenvalue weighted by Crippen LogP contribution is 2.05. The number of nitrogens with zero attached hydrogens (tertiary/aromatic N) is 2. The van der Waals surface area contributed by atoms with Crippen molar-refractivity contribution in [3.8, 4) is 0 Å². The van der Waals surface area contributed by atoms with E-state index in [2.05, 4.69) is 9.88 Å². The molecule has 0 spiro atoms. The van der Waals surface area contributed by atoms with E-state index >= 15 is 0 Å². The first kappa shape index (κ1) is 11.4. The lowest BCUT2D eigenvalue weighted by molar-refractivity contribution is 0.0374. The Morgan fingerprint density at radius 3 is 2.81 bits per heavy atom. The molecule has 0 radical (unpaired) electrons. The van der Waals surface area contributed by atoms with Crippen LogP contribution in [0.25, 0.3) is 0 Å². The van der Waals surface area contributed by atoms with Crippen LogP contribution < -0.4 is 5.73 Å². The lowest BCUT2D eigenvalue weighted by Gasteiger charge is -2.26. The average molecular weight is 221 g/mol. The van der Waals surface area contributed by atoms with Crippen LogP contribution in [-0.2, 0) is 11.2 Å². The number of nitrogens with two attached hydrogens (primary N) is 1. The minimum atomic E-state index is 0.733. The Balaban J connectivity index is 1.69. The maximum atomic E-state index is 5.59. The normalized spacial score (nSPS) is 17.5. The number of pyridine rings is 1. The molecule has 4 heteroatoms. The van der Waals surface area contributed by atoms with Gasteiger partial charge in [0.15, 0.2) is 0 Å². The molecule has 16 heavy (non-hydrogen) atoms. The van der Waals surface area contributed by atoms with Gasteiger partial charge in [0, 0.05) is 18.8 Å². The zero-order chi connectivity index (χ0) is 11.2. The van der Waals surface area contributed by atoms with Gasteiger partial charge >= 0.3 is 0 Å². The molecule has 4 nitrogen and oxygen atoms in total. The van der Waals surface area contributed by atoms with Crippen LogP contribution in [0.15, 0.2) is 18.3 Å². The molecule has 0 amide bonds. The van der Waals surface area contributed by atoms with Crippen molar-refractivity contribution in [1.29, 1.82) is 0 Å². The molecule has 1 saturated heterocycles. The summed E-state index contributed by atoms with van der Waals surface area (Å²) < 4.78 is 5.31. The van der Waals surface area contributed by atoms with Crippen LogP contribution in [0.3, 0.4) is 0 Å². The van der Waals surface area contributed by atoms with E-state index in [4.69, 9.17) is 10.5 Å². The van der Waals surface area contributed by atoms with Crippen molar-refractivity contribution in [3.05, 3.63) is 24.0 Å². The monoisotopic (exact) mass is 221 g/mol. The number of morpholine rings is 1. The van der Waals surface area contributed by atoms with E-state index in [9.17, 15) is 0 Å². The van der Waals surface area contributed by atoms with E-state index in [-0.39, 0.29) is 0 Å². The molecule has 2 rings (SSSR count). The van der Waals surface area contributed by atoms with Crippen LogP contribution in [0.2, 0.25) is 0 Å². The number of aromatic nitrogens is 1. The second-order valence-corrected chi connectivity index (χ2v) is 4.14. The van der Waals surface area contributed by atoms with Gasteiger partial charge in [-0.05, 0) is 31.5 Å². The Hall–Kier alpha value is -1.13. The molecule has 0 atom stereocenters. The van der Waals surface area contributed by atoms with Crippen molar-refractivity contribution >= 4 is 5.69 Å². The van der Waals surface area contributed by atoms with Crippen molar-refractivity contribution in [3.63, 3.8) is 0 Å². The molecule has 2 heterocycles. The lowest BCUT2D eigenvalue weighted by atomic mass is 10.2. The summed E-state index contributed by atoms with van der Waals surface area (Å²) in [6.07, 6.45) is 3.90. The molecule has 0 aromatic carbocycles. The van der Waals surface area contributed by atoms with Crippen LogP contribution in [-0.4, -0.2) is 42.7 Å². The number of hydrogen-bond acceptors (Lipinski definition) is 4. The predicted molar refractivity (Wildman–Crippen MR) is 64.2 cm³/mol. The summed E-state index contributed by atoms with van der Waals surface area (Å²) in [4.78, 5) is 6.74. The maximum Gasteiger partial charge on any atom is 0.0594 e. The van der Waals surface area contributed by atoms with Gasteiger partial charge in [-0.25, -0.2) is 0 Å². The summed E-state index contributed by atoms with van der Waals surface area (Å²) in [7, 11) is 0. The molecule has 1 aromatic heterocycles. The largest absolute Gasteiger partial charge is 0.397 e. The topological polar surface area (TPSA) is 51.4 Å². The molecule has 0 bridgehead atoms. The molecule has 1 fully saturated rings. The highest BCUT2D eigenvalue weighted by Gasteiger charge is 2.09. The Bertz CT molecular complexity index is 307. The fraction of sp³-hybridized carbons (Fsp3) is 0.583. The van der Waals surface area contributed by atoms with Gasteiger partial charge < -0.3 is 10.5 Å². The van der Waals surface area contributed by atoms with Crippen molar-refractivity contribution in [1.82, 2.24) is 9.88 Å². The lowest BCUT2D eigenvalue weighted by Crippen LogP contribution is -2.36. The Labute approximate surface area is 96.4 Å². The van der Waals surface area contributed by atoms with Crippen LogP contribution in [0.1, 0.15) is 12.1 Å². The fourth-order valence-electron chi connectivity index (χ4n) is 1.89. The molecule has 0 unspecified atom stereocenters. The summed E-state index contributed by atoms with van der Waals surface area (Å²) in [5, 5.41) is 0. The van der Waals surface area contributed by atoms with Gasteiger partial charge in [0.25, 0.3) is 0 Å². The van der Waals surface area contributed by atoms with Gasteiger partial charge in [0.2, 0.25) is 0 Å². The summed E-state index contributed by atoms with van der Waals surface area (Å²) in [5.74, 6) is 0. The van der Waals surface area contributed by atoms with Crippen LogP contribution >= 0.6 is 0 Å². The van der Waals surface area contributed by atoms with Gasteiger partial charge in [0.1, 0.15) is 0 Å². The number of aryl methyl sites for hydroxylation is 1. The minimum Gasteiger partial charge on any atom is -0.397 e. The Morgan fingerprint density at radius 1 is 1.31 bits per heavy atom. The summed E-state index contributed by atoms with van der Waals surface area (Å²) in [6.45, 7) is 5.01. The molecular weight excluding hydrogens is 202 g/mol. The van der Waals surface area contributed by atoms with Crippen molar-refractivity contribution in [2.24, 2.45) is 0 Å². The van der Waals surface area contributed by atoms with E-state index in [0.717, 1.165) is 57.1 Å². The number of rotatable bonds is 4. The van der Waals surface area contributed by atoms with Crippen molar-refractivity contribution in [2.45, 2.75) is 12.8 Å². The molecular formula is C12H19N3O. The molecule has 1 aliphatic rings. The van der Waals surface area contributed by atoms with Gasteiger partial charge in [0.05, 0.1) is 25.1 Å². The second kappa shape index (κ2) is 5.82. The van der Waals surface area contributed by atoms with Gasteiger partial charge in [-0.15, -0.1) is 0 Å². The summed E-state index contributed by atoms with van der Waals surface area (Å²) in [5.41, 5.74) is 7.45. The third kappa shape index (κ3) is 3.47. The van der Waals surface area contributed by atoms with Crippen molar-refractivity contribution in [2.75, 3.05) is 38.6 Å². The summed E-state index contributed by atoms with van der Waals surface area (Å²) >= 11 is 0. The third-order valence-electron chi connectivity index (χ3n) is 2.86. The van der Waals surface area contributed by atoms with E-state index < -0.39 is 0 Å². The first-order valence-electron chi connectivity index (χ1n) is 5.85. The van der Waals surface area contributed by atoms with E-state index in [0.29, 0.717) is 0 Å². The van der Waals surface area contributed by atoms with Crippen LogP contribution in [0.5, 0.6) is 0 Å². The van der Waals surface area contributed by atoms with Gasteiger partial charge in [-0.3, -0.25) is 9.88 Å². The fourth-order valence-corrected chi connectivity index (χ4v) is 1.89. The number of ether oxygens (including phenoxy) is 1. The van der Waals surface area contributed by atoms with E-state index in [1.807, 2.05) is 12.1 Å². The van der Waals surface area contributed by atoms with Crippen LogP contribution in [0, 0.1) is 0 Å². The number of hydrogen-bond donors (Lipinski definition) is 1. The molecule has 88 valence electrons. The Kier molecular flexibility index (Phi) is 4.13. The molecule has 0 saturated carbocycles. The first-order valence-corrected chi connectivity index (χ1v) is 5.85. The molecule has 1 aliphatic heterocycles. The van der Waals surface area contributed by atoms with Gasteiger partial charge in [-0.1, -0.05) is 0 Å². The number of anilines is 1. The standard InChI is InChI=1S/C12H19N3O/c13-11-3-4-12(14-10-11)2-1-5-15-6-8-16-9-7-15/h3-4,10H,1-2,5-9,13H2. The highest BCUT2D eigenvalue weighted by molar-refractivity contribution is 5.34. The molecule has 0 aliphatic carbocycles. The van der Waals surface area contributed by atoms with Crippen molar-refractivity contribution < 1.29 is 4.74 Å². The zero-order valence-corrected chi connectivity index (χ0v) is 9.56. The smallest absolute Gasteiger partial charge is 0.0594 e. The SMILES string of the molecule is Nc1ccc(CCCN2CCOCC2)nc1. The first-order chi connectivity index (χ1) is 7.84. The van der Waals surface area contributed by atoms with E-state index in [1.54, 1.807) is 6.20 Å². The third-order valence-corrected chi connectivity index (χ3v) is 2.86.